The Balaban J connectivity index is 2.13. The number of benzene rings is 1. The van der Waals surface area contributed by atoms with Crippen LogP contribution >= 0.6 is 11.3 Å². The van der Waals surface area contributed by atoms with Gasteiger partial charge >= 0.3 is 0 Å². The van der Waals surface area contributed by atoms with Crippen LogP contribution in [0.25, 0.3) is 0 Å². The average molecular weight is 230 g/mol. The Morgan fingerprint density at radius 3 is 2.69 bits per heavy atom. The lowest BCUT2D eigenvalue weighted by Crippen LogP contribution is -2.02. The molecule has 0 aliphatic carbocycles. The molecule has 1 aromatic heterocycles. The van der Waals surface area contributed by atoms with Crippen LogP contribution in [0.5, 0.6) is 0 Å². The predicted molar refractivity (Wildman–Crippen MR) is 68.3 cm³/mol. The van der Waals surface area contributed by atoms with E-state index in [2.05, 4.69) is 6.07 Å². The Morgan fingerprint density at radius 2 is 2.06 bits per heavy atom. The Kier molecular flexibility index (Phi) is 3.20. The van der Waals surface area contributed by atoms with Crippen LogP contribution < -0.4 is 0 Å². The summed E-state index contributed by atoms with van der Waals surface area (Å²) in [6.45, 7) is 4.07. The molecule has 1 heterocycles. The molecule has 1 nitrogen and oxygen atoms in total. The first-order valence-corrected chi connectivity index (χ1v) is 6.17. The van der Waals surface area contributed by atoms with E-state index >= 15 is 0 Å². The fraction of sp³-hybridized carbons (Fsp3) is 0.214. The van der Waals surface area contributed by atoms with Crippen LogP contribution in [0.4, 0.5) is 0 Å². The van der Waals surface area contributed by atoms with Gasteiger partial charge in [-0.3, -0.25) is 4.79 Å². The molecule has 0 saturated heterocycles. The number of hydrogen-bond donors (Lipinski definition) is 0. The number of aryl methyl sites for hydroxylation is 2. The summed E-state index contributed by atoms with van der Waals surface area (Å²) >= 11 is 1.63. The number of carbonyl (C=O) groups is 1. The van der Waals surface area contributed by atoms with Gasteiger partial charge in [0.15, 0.2) is 5.78 Å². The SMILES string of the molecule is Cc1cccc(CC(=O)c2csc(C)c2)c1. The van der Waals surface area contributed by atoms with Gasteiger partial charge in [0.1, 0.15) is 0 Å². The zero-order chi connectivity index (χ0) is 11.5. The Hall–Kier alpha value is -1.41. The van der Waals surface area contributed by atoms with Crippen molar-refractivity contribution in [3.63, 3.8) is 0 Å². The molecule has 0 aliphatic rings. The van der Waals surface area contributed by atoms with E-state index in [1.54, 1.807) is 11.3 Å². The topological polar surface area (TPSA) is 17.1 Å². The van der Waals surface area contributed by atoms with Crippen molar-refractivity contribution >= 4 is 17.1 Å². The minimum atomic E-state index is 0.204. The van der Waals surface area contributed by atoms with Gasteiger partial charge in [0.25, 0.3) is 0 Å². The number of carbonyl (C=O) groups excluding carboxylic acids is 1. The standard InChI is InChI=1S/C14H14OS/c1-10-4-3-5-12(6-10)8-14(15)13-7-11(2)16-9-13/h3-7,9H,8H2,1-2H3. The van der Waals surface area contributed by atoms with Gasteiger partial charge in [-0.2, -0.15) is 0 Å². The number of rotatable bonds is 3. The smallest absolute Gasteiger partial charge is 0.168 e. The first-order chi connectivity index (χ1) is 7.65. The Morgan fingerprint density at radius 1 is 1.25 bits per heavy atom. The molecule has 0 amide bonds. The lowest BCUT2D eigenvalue weighted by molar-refractivity contribution is 0.0993. The van der Waals surface area contributed by atoms with E-state index in [0.717, 1.165) is 11.1 Å². The van der Waals surface area contributed by atoms with Gasteiger partial charge in [-0.25, -0.2) is 0 Å². The van der Waals surface area contributed by atoms with Crippen molar-refractivity contribution < 1.29 is 4.79 Å². The maximum atomic E-state index is 11.9. The number of Topliss-reactive ketones (excluding diaryl/α,β-unsaturated/α-hetero) is 1. The lowest BCUT2D eigenvalue weighted by Gasteiger charge is -2.00. The molecule has 0 N–H and O–H groups in total. The van der Waals surface area contributed by atoms with E-state index in [-0.39, 0.29) is 5.78 Å². The highest BCUT2D eigenvalue weighted by molar-refractivity contribution is 7.10. The van der Waals surface area contributed by atoms with E-state index < -0.39 is 0 Å². The number of hydrogen-bond acceptors (Lipinski definition) is 2. The number of ketones is 1. The summed E-state index contributed by atoms with van der Waals surface area (Å²) in [5.41, 5.74) is 3.13. The van der Waals surface area contributed by atoms with Crippen molar-refractivity contribution in [3.8, 4) is 0 Å². The Labute approximate surface area is 99.8 Å². The fourth-order valence-corrected chi connectivity index (χ4v) is 2.41. The highest BCUT2D eigenvalue weighted by atomic mass is 32.1. The molecule has 1 aromatic carbocycles. The molecular weight excluding hydrogens is 216 g/mol. The molecule has 82 valence electrons. The molecule has 0 spiro atoms. The molecule has 2 heteroatoms. The summed E-state index contributed by atoms with van der Waals surface area (Å²) in [5, 5.41) is 1.94. The van der Waals surface area contributed by atoms with E-state index in [0.29, 0.717) is 6.42 Å². The third-order valence-electron chi connectivity index (χ3n) is 2.50. The van der Waals surface area contributed by atoms with Crippen molar-refractivity contribution in [2.24, 2.45) is 0 Å². The van der Waals surface area contributed by atoms with Crippen LogP contribution in [0.2, 0.25) is 0 Å². The zero-order valence-corrected chi connectivity index (χ0v) is 10.3. The Bertz CT molecular complexity index is 511. The largest absolute Gasteiger partial charge is 0.294 e. The second-order valence-corrected chi connectivity index (χ2v) is 5.15. The van der Waals surface area contributed by atoms with E-state index in [1.165, 1.54) is 10.4 Å². The quantitative estimate of drug-likeness (QED) is 0.733. The molecule has 2 aromatic rings. The third-order valence-corrected chi connectivity index (χ3v) is 3.36. The monoisotopic (exact) mass is 230 g/mol. The summed E-state index contributed by atoms with van der Waals surface area (Å²) in [5.74, 6) is 0.204. The second-order valence-electron chi connectivity index (χ2n) is 4.04. The maximum absolute atomic E-state index is 11.9. The molecular formula is C14H14OS. The van der Waals surface area contributed by atoms with E-state index in [4.69, 9.17) is 0 Å². The van der Waals surface area contributed by atoms with Crippen LogP contribution in [-0.2, 0) is 6.42 Å². The molecule has 0 unspecified atom stereocenters. The maximum Gasteiger partial charge on any atom is 0.168 e. The first kappa shape index (κ1) is 11.1. The second kappa shape index (κ2) is 4.62. The van der Waals surface area contributed by atoms with Crippen LogP contribution in [0.3, 0.4) is 0 Å². The summed E-state index contributed by atoms with van der Waals surface area (Å²) in [6.07, 6.45) is 0.498. The molecule has 0 atom stereocenters. The summed E-state index contributed by atoms with van der Waals surface area (Å²) < 4.78 is 0. The highest BCUT2D eigenvalue weighted by Crippen LogP contribution is 2.16. The lowest BCUT2D eigenvalue weighted by atomic mass is 10.0. The summed E-state index contributed by atoms with van der Waals surface area (Å²) in [6, 6.07) is 10.1. The summed E-state index contributed by atoms with van der Waals surface area (Å²) in [4.78, 5) is 13.1. The molecule has 0 fully saturated rings. The normalized spacial score (nSPS) is 10.4. The van der Waals surface area contributed by atoms with Crippen LogP contribution in [0.15, 0.2) is 35.7 Å². The summed E-state index contributed by atoms with van der Waals surface area (Å²) in [7, 11) is 0. The fourth-order valence-electron chi connectivity index (χ4n) is 1.70. The minimum absolute atomic E-state index is 0.204. The predicted octanol–water partition coefficient (Wildman–Crippen LogP) is 3.79. The van der Waals surface area contributed by atoms with Gasteiger partial charge in [-0.1, -0.05) is 29.8 Å². The van der Waals surface area contributed by atoms with Crippen LogP contribution in [-0.4, -0.2) is 5.78 Å². The van der Waals surface area contributed by atoms with E-state index in [1.807, 2.05) is 43.5 Å². The molecule has 0 radical (unpaired) electrons. The van der Waals surface area contributed by atoms with Gasteiger partial charge < -0.3 is 0 Å². The van der Waals surface area contributed by atoms with Crippen molar-refractivity contribution in [3.05, 3.63) is 57.3 Å². The molecule has 0 bridgehead atoms. The van der Waals surface area contributed by atoms with Crippen LogP contribution in [0.1, 0.15) is 26.4 Å². The first-order valence-electron chi connectivity index (χ1n) is 5.29. The average Bonchev–Trinajstić information content (AvgIpc) is 2.65. The van der Waals surface area contributed by atoms with Gasteiger partial charge in [-0.15, -0.1) is 11.3 Å². The minimum Gasteiger partial charge on any atom is -0.294 e. The van der Waals surface area contributed by atoms with Crippen molar-refractivity contribution in [2.75, 3.05) is 0 Å². The van der Waals surface area contributed by atoms with Gasteiger partial charge in [0, 0.05) is 22.2 Å². The van der Waals surface area contributed by atoms with Gasteiger partial charge in [-0.05, 0) is 25.5 Å². The molecule has 2 rings (SSSR count). The molecule has 0 aliphatic heterocycles. The van der Waals surface area contributed by atoms with Crippen molar-refractivity contribution in [1.82, 2.24) is 0 Å². The van der Waals surface area contributed by atoms with Gasteiger partial charge in [0.2, 0.25) is 0 Å². The third kappa shape index (κ3) is 2.58. The van der Waals surface area contributed by atoms with E-state index in [9.17, 15) is 4.79 Å². The number of thiophene rings is 1. The zero-order valence-electron chi connectivity index (χ0n) is 9.49. The highest BCUT2D eigenvalue weighted by Gasteiger charge is 2.08. The van der Waals surface area contributed by atoms with Crippen molar-refractivity contribution in [1.29, 1.82) is 0 Å². The van der Waals surface area contributed by atoms with Gasteiger partial charge in [0.05, 0.1) is 0 Å². The van der Waals surface area contributed by atoms with Crippen LogP contribution in [0, 0.1) is 13.8 Å². The van der Waals surface area contributed by atoms with Crippen molar-refractivity contribution in [2.45, 2.75) is 20.3 Å². The molecule has 0 saturated carbocycles. The molecule has 16 heavy (non-hydrogen) atoms.